The van der Waals surface area contributed by atoms with Crippen LogP contribution >= 0.6 is 11.6 Å². The SMILES string of the molecule is Cc1ccccc1N1CCN(c2ccc(C(=O)NCCCN3CCCC3=O)cc2NC(=O)c2ccc(Cl)cn2)CC1. The van der Waals surface area contributed by atoms with Crippen molar-refractivity contribution >= 4 is 46.4 Å². The largest absolute Gasteiger partial charge is 0.368 e. The van der Waals surface area contributed by atoms with E-state index in [9.17, 15) is 14.4 Å². The number of benzene rings is 2. The number of piperazine rings is 1. The van der Waals surface area contributed by atoms with Crippen molar-refractivity contribution in [3.05, 3.63) is 82.6 Å². The number of hydrogen-bond donors (Lipinski definition) is 2. The van der Waals surface area contributed by atoms with E-state index in [2.05, 4.69) is 50.5 Å². The van der Waals surface area contributed by atoms with Gasteiger partial charge in [0.05, 0.1) is 16.4 Å². The number of nitrogens with one attached hydrogen (secondary N) is 2. The molecule has 214 valence electrons. The van der Waals surface area contributed by atoms with E-state index in [1.54, 1.807) is 24.3 Å². The van der Waals surface area contributed by atoms with E-state index < -0.39 is 0 Å². The lowest BCUT2D eigenvalue weighted by Gasteiger charge is -2.38. The Morgan fingerprint density at radius 1 is 0.927 bits per heavy atom. The average Bonchev–Trinajstić information content (AvgIpc) is 3.40. The highest BCUT2D eigenvalue weighted by atomic mass is 35.5. The minimum atomic E-state index is -0.380. The molecule has 2 fully saturated rings. The number of hydrogen-bond acceptors (Lipinski definition) is 6. The number of nitrogens with zero attached hydrogens (tertiary/aromatic N) is 4. The molecular weight excluding hydrogens is 540 g/mol. The Hall–Kier alpha value is -4.11. The van der Waals surface area contributed by atoms with Crippen molar-refractivity contribution in [2.24, 2.45) is 0 Å². The Morgan fingerprint density at radius 3 is 2.37 bits per heavy atom. The average molecular weight is 575 g/mol. The van der Waals surface area contributed by atoms with Gasteiger partial charge in [-0.2, -0.15) is 0 Å². The van der Waals surface area contributed by atoms with Crippen molar-refractivity contribution < 1.29 is 14.4 Å². The van der Waals surface area contributed by atoms with Gasteiger partial charge >= 0.3 is 0 Å². The Morgan fingerprint density at radius 2 is 1.68 bits per heavy atom. The zero-order valence-corrected chi connectivity index (χ0v) is 24.0. The molecule has 0 radical (unpaired) electrons. The second-order valence-corrected chi connectivity index (χ2v) is 10.8. The normalized spacial score (nSPS) is 15.3. The Bertz CT molecular complexity index is 1410. The van der Waals surface area contributed by atoms with E-state index in [-0.39, 0.29) is 23.4 Å². The van der Waals surface area contributed by atoms with Crippen LogP contribution in [0, 0.1) is 6.92 Å². The first-order chi connectivity index (χ1) is 19.9. The molecule has 9 nitrogen and oxygen atoms in total. The number of para-hydroxylation sites is 1. The molecule has 3 aromatic rings. The fraction of sp³-hybridized carbons (Fsp3) is 0.355. The summed E-state index contributed by atoms with van der Waals surface area (Å²) in [6.07, 6.45) is 3.63. The van der Waals surface area contributed by atoms with Crippen molar-refractivity contribution in [2.75, 3.05) is 60.9 Å². The van der Waals surface area contributed by atoms with Crippen LogP contribution < -0.4 is 20.4 Å². The maximum atomic E-state index is 13.1. The maximum Gasteiger partial charge on any atom is 0.274 e. The molecule has 0 aliphatic carbocycles. The molecular formula is C31H35ClN6O3. The second-order valence-electron chi connectivity index (χ2n) is 10.4. The van der Waals surface area contributed by atoms with E-state index in [1.165, 1.54) is 17.4 Å². The van der Waals surface area contributed by atoms with Gasteiger partial charge in [-0.15, -0.1) is 0 Å². The predicted octanol–water partition coefficient (Wildman–Crippen LogP) is 4.36. The fourth-order valence-corrected chi connectivity index (χ4v) is 5.48. The first-order valence-electron chi connectivity index (χ1n) is 14.1. The van der Waals surface area contributed by atoms with Crippen LogP contribution in [0.5, 0.6) is 0 Å². The van der Waals surface area contributed by atoms with E-state index in [1.807, 2.05) is 17.0 Å². The van der Waals surface area contributed by atoms with Gasteiger partial charge in [0.15, 0.2) is 0 Å². The third-order valence-electron chi connectivity index (χ3n) is 7.61. The van der Waals surface area contributed by atoms with Gasteiger partial charge in [-0.1, -0.05) is 29.8 Å². The number of carbonyl (C=O) groups excluding carboxylic acids is 3. The molecule has 2 N–H and O–H groups in total. The molecule has 2 saturated heterocycles. The first-order valence-corrected chi connectivity index (χ1v) is 14.5. The van der Waals surface area contributed by atoms with Gasteiger partial charge in [-0.05, 0) is 61.7 Å². The summed E-state index contributed by atoms with van der Waals surface area (Å²) in [7, 11) is 0. The van der Waals surface area contributed by atoms with Crippen LogP contribution in [0.1, 0.15) is 45.7 Å². The highest BCUT2D eigenvalue weighted by molar-refractivity contribution is 6.30. The van der Waals surface area contributed by atoms with Gasteiger partial charge in [0.2, 0.25) is 5.91 Å². The van der Waals surface area contributed by atoms with Gasteiger partial charge in [-0.25, -0.2) is 4.98 Å². The van der Waals surface area contributed by atoms with Crippen LogP contribution in [-0.4, -0.2) is 73.4 Å². The minimum Gasteiger partial charge on any atom is -0.368 e. The van der Waals surface area contributed by atoms with Gasteiger partial charge in [0.1, 0.15) is 5.69 Å². The number of aromatic nitrogens is 1. The van der Waals surface area contributed by atoms with Crippen molar-refractivity contribution in [1.82, 2.24) is 15.2 Å². The number of rotatable bonds is 9. The highest BCUT2D eigenvalue weighted by Crippen LogP contribution is 2.30. The molecule has 41 heavy (non-hydrogen) atoms. The standard InChI is InChI=1S/C31H35ClN6O3/c1-22-6-2-3-7-27(22)36-16-18-37(19-17-36)28-12-9-23(30(40)33-13-5-15-38-14-4-8-29(38)39)20-26(28)35-31(41)25-11-10-24(32)21-34-25/h2-3,6-7,9-12,20-21H,4-5,8,13-19H2,1H3,(H,33,40)(H,35,41). The lowest BCUT2D eigenvalue weighted by Crippen LogP contribution is -2.47. The van der Waals surface area contributed by atoms with Gasteiger partial charge in [0.25, 0.3) is 11.8 Å². The number of carbonyl (C=O) groups is 3. The molecule has 0 bridgehead atoms. The van der Waals surface area contributed by atoms with Crippen molar-refractivity contribution in [1.29, 1.82) is 0 Å². The van der Waals surface area contributed by atoms with Crippen LogP contribution in [0.2, 0.25) is 5.02 Å². The van der Waals surface area contributed by atoms with Gasteiger partial charge < -0.3 is 25.3 Å². The van der Waals surface area contributed by atoms with Crippen LogP contribution in [0.4, 0.5) is 17.1 Å². The molecule has 2 aliphatic heterocycles. The van der Waals surface area contributed by atoms with E-state index in [0.29, 0.717) is 42.2 Å². The highest BCUT2D eigenvalue weighted by Gasteiger charge is 2.23. The summed E-state index contributed by atoms with van der Waals surface area (Å²) >= 11 is 5.95. The summed E-state index contributed by atoms with van der Waals surface area (Å²) < 4.78 is 0. The van der Waals surface area contributed by atoms with E-state index in [4.69, 9.17) is 11.6 Å². The topological polar surface area (TPSA) is 97.9 Å². The molecule has 0 atom stereocenters. The molecule has 3 heterocycles. The summed E-state index contributed by atoms with van der Waals surface area (Å²) in [6.45, 7) is 7.20. The molecule has 3 amide bonds. The number of amides is 3. The molecule has 2 aliphatic rings. The van der Waals surface area contributed by atoms with Crippen molar-refractivity contribution in [3.8, 4) is 0 Å². The van der Waals surface area contributed by atoms with Gasteiger partial charge in [-0.3, -0.25) is 14.4 Å². The molecule has 0 unspecified atom stereocenters. The van der Waals surface area contributed by atoms with Crippen molar-refractivity contribution in [2.45, 2.75) is 26.2 Å². The first kappa shape index (κ1) is 28.4. The molecule has 1 aromatic heterocycles. The lowest BCUT2D eigenvalue weighted by molar-refractivity contribution is -0.127. The molecule has 10 heteroatoms. The minimum absolute atomic E-state index is 0.183. The Balaban J connectivity index is 1.29. The number of pyridine rings is 1. The lowest BCUT2D eigenvalue weighted by atomic mass is 10.1. The fourth-order valence-electron chi connectivity index (χ4n) is 5.37. The van der Waals surface area contributed by atoms with E-state index in [0.717, 1.165) is 44.8 Å². The van der Waals surface area contributed by atoms with Crippen molar-refractivity contribution in [3.63, 3.8) is 0 Å². The Labute approximate surface area is 245 Å². The summed E-state index contributed by atoms with van der Waals surface area (Å²) in [4.78, 5) is 48.5. The third kappa shape index (κ3) is 6.97. The molecule has 0 saturated carbocycles. The Kier molecular flexibility index (Phi) is 9.04. The number of aryl methyl sites for hydroxylation is 1. The van der Waals surface area contributed by atoms with Crippen LogP contribution in [0.25, 0.3) is 0 Å². The quantitative estimate of drug-likeness (QED) is 0.369. The summed E-state index contributed by atoms with van der Waals surface area (Å²) in [5.41, 5.74) is 4.55. The van der Waals surface area contributed by atoms with Crippen LogP contribution in [0.15, 0.2) is 60.8 Å². The molecule has 0 spiro atoms. The summed E-state index contributed by atoms with van der Waals surface area (Å²) in [5.74, 6) is -0.426. The molecule has 5 rings (SSSR count). The summed E-state index contributed by atoms with van der Waals surface area (Å²) in [6, 6.07) is 17.0. The third-order valence-corrected chi connectivity index (χ3v) is 7.83. The number of likely N-dealkylation sites (tertiary alicyclic amines) is 1. The zero-order chi connectivity index (χ0) is 28.8. The number of halogens is 1. The molecule has 2 aromatic carbocycles. The van der Waals surface area contributed by atoms with Gasteiger partial charge in [0, 0.05) is 69.7 Å². The smallest absolute Gasteiger partial charge is 0.274 e. The maximum absolute atomic E-state index is 13.1. The number of anilines is 3. The second kappa shape index (κ2) is 13.0. The van der Waals surface area contributed by atoms with Crippen LogP contribution in [-0.2, 0) is 4.79 Å². The zero-order valence-electron chi connectivity index (χ0n) is 23.2. The summed E-state index contributed by atoms with van der Waals surface area (Å²) in [5, 5.41) is 6.37. The van der Waals surface area contributed by atoms with E-state index >= 15 is 0 Å². The van der Waals surface area contributed by atoms with Crippen LogP contribution in [0.3, 0.4) is 0 Å². The predicted molar refractivity (Wildman–Crippen MR) is 162 cm³/mol. The monoisotopic (exact) mass is 574 g/mol.